The second kappa shape index (κ2) is 8.34. The summed E-state index contributed by atoms with van der Waals surface area (Å²) < 4.78 is 4.82. The molecule has 1 saturated heterocycles. The van der Waals surface area contributed by atoms with Crippen molar-refractivity contribution >= 4 is 67.2 Å². The highest BCUT2D eigenvalue weighted by Crippen LogP contribution is 2.38. The fraction of sp³-hybridized carbons (Fsp3) is 0.333. The molecule has 2 aliphatic heterocycles. The first-order valence-corrected chi connectivity index (χ1v) is 10.9. The Labute approximate surface area is 182 Å². The number of likely N-dealkylation sites (tertiary alicyclic amines) is 1. The second-order valence-corrected chi connectivity index (χ2v) is 7.87. The molecule has 28 heavy (non-hydrogen) atoms. The summed E-state index contributed by atoms with van der Waals surface area (Å²) in [5.41, 5.74) is 0.0204. The van der Waals surface area contributed by atoms with Crippen molar-refractivity contribution in [1.82, 2.24) is 9.80 Å². The van der Waals surface area contributed by atoms with Gasteiger partial charge >= 0.3 is 5.97 Å². The molecule has 0 N–H and O–H groups in total. The van der Waals surface area contributed by atoms with Gasteiger partial charge in [0.15, 0.2) is 6.04 Å². The summed E-state index contributed by atoms with van der Waals surface area (Å²) in [7, 11) is 1.21. The first-order chi connectivity index (χ1) is 13.4. The highest BCUT2D eigenvalue weighted by atomic mass is 79.9. The number of hydrogen-bond donors (Lipinski definition) is 0. The molecule has 0 saturated carbocycles. The summed E-state index contributed by atoms with van der Waals surface area (Å²) >= 11 is 13.0. The molecular weight excluding hydrogens is 519 g/mol. The van der Waals surface area contributed by atoms with E-state index in [-0.39, 0.29) is 16.8 Å². The van der Waals surface area contributed by atoms with Gasteiger partial charge < -0.3 is 4.74 Å². The summed E-state index contributed by atoms with van der Waals surface area (Å²) in [5.74, 6) is -2.47. The van der Waals surface area contributed by atoms with E-state index < -0.39 is 35.2 Å². The Hall–Kier alpha value is -1.71. The third kappa shape index (κ3) is 3.19. The Bertz CT molecular complexity index is 869. The van der Waals surface area contributed by atoms with Gasteiger partial charge in [-0.15, -0.1) is 0 Å². The number of carbonyl (C=O) groups excluding carboxylic acids is 4. The van der Waals surface area contributed by atoms with Crippen LogP contribution in [0.15, 0.2) is 35.5 Å². The lowest BCUT2D eigenvalue weighted by molar-refractivity contribution is -0.153. The topological polar surface area (TPSA) is 84.0 Å². The van der Waals surface area contributed by atoms with Crippen molar-refractivity contribution in [3.8, 4) is 0 Å². The largest absolute Gasteiger partial charge is 0.464 e. The standard InChI is InChI=1S/C18H15Br2ClN2O5/c1-28-18(27)12(9(8-20)6-7-19)22-14(21)13(17(22)26)23-15(24)10-4-2-3-5-11(10)16(23)25/h2-5,13-14H,6-8H2,1H3/t13-,14-/m1/s1. The molecule has 0 spiro atoms. The number of nitrogens with zero attached hydrogens (tertiary/aromatic N) is 2. The minimum absolute atomic E-state index is 0.0247. The van der Waals surface area contributed by atoms with Crippen molar-refractivity contribution in [3.63, 3.8) is 0 Å². The number of alkyl halides is 3. The number of β-lactam (4-membered cyclic amide) rings is 1. The molecule has 10 heteroatoms. The summed E-state index contributed by atoms with van der Waals surface area (Å²) in [6.07, 6.45) is 0.473. The van der Waals surface area contributed by atoms with E-state index in [0.29, 0.717) is 22.7 Å². The Morgan fingerprint density at radius 3 is 2.14 bits per heavy atom. The molecule has 2 atom stereocenters. The highest BCUT2D eigenvalue weighted by molar-refractivity contribution is 9.09. The zero-order valence-corrected chi connectivity index (χ0v) is 18.6. The molecule has 148 valence electrons. The van der Waals surface area contributed by atoms with E-state index in [1.54, 1.807) is 12.1 Å². The predicted octanol–water partition coefficient (Wildman–Crippen LogP) is 2.67. The Balaban J connectivity index is 1.94. The number of fused-ring (bicyclic) bond motifs is 1. The molecule has 0 bridgehead atoms. The average molecular weight is 535 g/mol. The first kappa shape index (κ1) is 21.0. The maximum absolute atomic E-state index is 12.9. The fourth-order valence-electron chi connectivity index (χ4n) is 3.24. The van der Waals surface area contributed by atoms with Crippen LogP contribution in [0.3, 0.4) is 0 Å². The van der Waals surface area contributed by atoms with Gasteiger partial charge in [-0.3, -0.25) is 24.2 Å². The Morgan fingerprint density at radius 2 is 1.71 bits per heavy atom. The van der Waals surface area contributed by atoms with E-state index in [2.05, 4.69) is 31.9 Å². The van der Waals surface area contributed by atoms with Crippen molar-refractivity contribution in [2.45, 2.75) is 18.0 Å². The number of imide groups is 1. The normalized spacial score (nSPS) is 22.1. The monoisotopic (exact) mass is 532 g/mol. The smallest absolute Gasteiger partial charge is 0.354 e. The van der Waals surface area contributed by atoms with Crippen molar-refractivity contribution in [3.05, 3.63) is 46.7 Å². The lowest BCUT2D eigenvalue weighted by atomic mass is 10.0. The fourth-order valence-corrected chi connectivity index (χ4v) is 4.68. The van der Waals surface area contributed by atoms with E-state index in [9.17, 15) is 19.2 Å². The predicted molar refractivity (Wildman–Crippen MR) is 108 cm³/mol. The number of hydrogen-bond acceptors (Lipinski definition) is 5. The maximum Gasteiger partial charge on any atom is 0.354 e. The molecule has 7 nitrogen and oxygen atoms in total. The molecule has 0 aromatic heterocycles. The molecule has 1 aromatic carbocycles. The van der Waals surface area contributed by atoms with Gasteiger partial charge in [-0.1, -0.05) is 55.6 Å². The van der Waals surface area contributed by atoms with Crippen LogP contribution in [0.2, 0.25) is 0 Å². The number of allylic oxidation sites excluding steroid dienone is 1. The Morgan fingerprint density at radius 1 is 1.14 bits per heavy atom. The van der Waals surface area contributed by atoms with Crippen LogP contribution in [0.4, 0.5) is 0 Å². The number of carbonyl (C=O) groups is 4. The molecule has 0 aliphatic carbocycles. The van der Waals surface area contributed by atoms with Gasteiger partial charge in [0, 0.05) is 10.7 Å². The van der Waals surface area contributed by atoms with Crippen LogP contribution in [0.1, 0.15) is 27.1 Å². The lowest BCUT2D eigenvalue weighted by Crippen LogP contribution is -2.69. The van der Waals surface area contributed by atoms with Gasteiger partial charge in [0.2, 0.25) is 0 Å². The van der Waals surface area contributed by atoms with E-state index >= 15 is 0 Å². The molecular formula is C18H15Br2ClN2O5. The van der Waals surface area contributed by atoms with Gasteiger partial charge in [-0.05, 0) is 24.1 Å². The molecule has 3 amide bonds. The molecule has 2 aliphatic rings. The summed E-state index contributed by atoms with van der Waals surface area (Å²) in [5, 5.41) is 0.888. The number of rotatable bonds is 6. The van der Waals surface area contributed by atoms with Crippen LogP contribution < -0.4 is 0 Å². The van der Waals surface area contributed by atoms with Gasteiger partial charge in [-0.25, -0.2) is 4.79 Å². The number of methoxy groups -OCH3 is 1. The molecule has 2 heterocycles. The van der Waals surface area contributed by atoms with Crippen molar-refractivity contribution in [2.24, 2.45) is 0 Å². The quantitative estimate of drug-likeness (QED) is 0.140. The van der Waals surface area contributed by atoms with E-state index in [0.717, 1.165) is 9.80 Å². The van der Waals surface area contributed by atoms with Crippen LogP contribution >= 0.6 is 43.5 Å². The second-order valence-electron chi connectivity index (χ2n) is 6.07. The molecule has 1 aromatic rings. The van der Waals surface area contributed by atoms with E-state index in [1.165, 1.54) is 19.2 Å². The number of benzene rings is 1. The third-order valence-corrected chi connectivity index (χ3v) is 6.12. The molecule has 3 rings (SSSR count). The van der Waals surface area contributed by atoms with E-state index in [4.69, 9.17) is 16.3 Å². The minimum Gasteiger partial charge on any atom is -0.464 e. The summed E-state index contributed by atoms with van der Waals surface area (Å²) in [6, 6.07) is 5.15. The van der Waals surface area contributed by atoms with Crippen LogP contribution in [-0.2, 0) is 14.3 Å². The number of halogens is 3. The maximum atomic E-state index is 12.9. The molecule has 1 fully saturated rings. The van der Waals surface area contributed by atoms with Crippen LogP contribution in [0, 0.1) is 0 Å². The summed E-state index contributed by atoms with van der Waals surface area (Å²) in [6.45, 7) is 0. The Kier molecular flexibility index (Phi) is 6.26. The van der Waals surface area contributed by atoms with Gasteiger partial charge in [0.1, 0.15) is 11.2 Å². The van der Waals surface area contributed by atoms with Crippen molar-refractivity contribution in [1.29, 1.82) is 0 Å². The zero-order chi connectivity index (χ0) is 20.6. The first-order valence-electron chi connectivity index (χ1n) is 8.25. The molecule has 0 unspecified atom stereocenters. The van der Waals surface area contributed by atoms with Crippen LogP contribution in [0.5, 0.6) is 0 Å². The summed E-state index contributed by atoms with van der Waals surface area (Å²) in [4.78, 5) is 52.5. The SMILES string of the molecule is COC(=O)C(=C(CBr)CCBr)N1C(=O)[C@H](N2C(=O)c3ccccc3C2=O)[C@@H]1Cl. The van der Waals surface area contributed by atoms with Crippen molar-refractivity contribution < 1.29 is 23.9 Å². The number of esters is 1. The third-order valence-electron chi connectivity index (χ3n) is 4.61. The van der Waals surface area contributed by atoms with Gasteiger partial charge in [0.25, 0.3) is 17.7 Å². The van der Waals surface area contributed by atoms with Crippen LogP contribution in [0.25, 0.3) is 0 Å². The number of amides is 3. The van der Waals surface area contributed by atoms with Crippen molar-refractivity contribution in [2.75, 3.05) is 17.8 Å². The minimum atomic E-state index is -1.19. The number of ether oxygens (including phenoxy) is 1. The zero-order valence-electron chi connectivity index (χ0n) is 14.7. The lowest BCUT2D eigenvalue weighted by Gasteiger charge is -2.46. The molecule has 0 radical (unpaired) electrons. The van der Waals surface area contributed by atoms with E-state index in [1.807, 2.05) is 0 Å². The van der Waals surface area contributed by atoms with Crippen LogP contribution in [-0.4, -0.2) is 62.8 Å². The average Bonchev–Trinajstić information content (AvgIpc) is 2.95. The van der Waals surface area contributed by atoms with Gasteiger partial charge in [0.05, 0.1) is 18.2 Å². The highest BCUT2D eigenvalue weighted by Gasteiger charge is 2.58. The van der Waals surface area contributed by atoms with Gasteiger partial charge in [-0.2, -0.15) is 0 Å².